The Labute approximate surface area is 377 Å². The van der Waals surface area contributed by atoms with Crippen LogP contribution in [-0.2, 0) is 45.3 Å². The van der Waals surface area contributed by atoms with Crippen molar-refractivity contribution in [3.05, 3.63) is 71.3 Å². The van der Waals surface area contributed by atoms with Gasteiger partial charge in [-0.05, 0) is 49.6 Å². The predicted molar refractivity (Wildman–Crippen MR) is 233 cm³/mol. The van der Waals surface area contributed by atoms with Crippen LogP contribution in [0, 0.1) is 0 Å². The lowest BCUT2D eigenvalue weighted by Crippen LogP contribution is -2.54. The number of carbonyl (C=O) groups excluding carboxylic acids is 7. The first-order valence-electron chi connectivity index (χ1n) is 21.3. The van der Waals surface area contributed by atoms with Gasteiger partial charge in [0, 0.05) is 38.7 Å². The van der Waals surface area contributed by atoms with E-state index in [-0.39, 0.29) is 61.8 Å². The van der Waals surface area contributed by atoms with Crippen LogP contribution >= 0.6 is 0 Å². The molecule has 2 aromatic heterocycles. The Morgan fingerprint density at radius 2 is 1.59 bits per heavy atom. The molecule has 0 bridgehead atoms. The van der Waals surface area contributed by atoms with Gasteiger partial charge in [0.05, 0.1) is 92.5 Å². The summed E-state index contributed by atoms with van der Waals surface area (Å²) < 4.78 is 24.0. The number of para-hydroxylation sites is 1. The monoisotopic (exact) mass is 910 g/mol. The third-order valence-corrected chi connectivity index (χ3v) is 11.1. The number of aromatic nitrogens is 5. The average Bonchev–Trinajstić information content (AvgIpc) is 3.93. The zero-order chi connectivity index (χ0) is 46.8. The van der Waals surface area contributed by atoms with Crippen LogP contribution < -0.4 is 37.1 Å². The van der Waals surface area contributed by atoms with Gasteiger partial charge >= 0.3 is 0 Å². The molecule has 23 heteroatoms. The minimum Gasteiger partial charge on any atom is -0.494 e. The summed E-state index contributed by atoms with van der Waals surface area (Å²) in [6.07, 6.45) is 2.89. The first-order chi connectivity index (χ1) is 31.9. The van der Waals surface area contributed by atoms with Gasteiger partial charge in [0.2, 0.25) is 23.6 Å². The maximum absolute atomic E-state index is 13.2. The van der Waals surface area contributed by atoms with Gasteiger partial charge in [0.1, 0.15) is 12.4 Å². The van der Waals surface area contributed by atoms with Crippen molar-refractivity contribution in [2.45, 2.75) is 50.1 Å². The number of nitrogens with two attached hydrogens (primary N) is 1. The number of hydrogen-bond acceptors (Lipinski definition) is 17. The molecule has 2 aliphatic heterocycles. The van der Waals surface area contributed by atoms with Crippen molar-refractivity contribution in [3.8, 4) is 17.1 Å². The average molecular weight is 911 g/mol. The highest BCUT2D eigenvalue weighted by Gasteiger charge is 2.52. The number of benzene rings is 2. The molecule has 7 N–H and O–H groups in total. The zero-order valence-electron chi connectivity index (χ0n) is 36.3. The van der Waals surface area contributed by atoms with Crippen LogP contribution in [-0.4, -0.2) is 144 Å². The minimum atomic E-state index is -1.04. The molecule has 1 saturated carbocycles. The van der Waals surface area contributed by atoms with Crippen LogP contribution in [0.4, 0.5) is 17.1 Å². The molecule has 1 unspecified atom stereocenters. The van der Waals surface area contributed by atoms with Crippen LogP contribution in [0.1, 0.15) is 69.0 Å². The van der Waals surface area contributed by atoms with E-state index in [1.807, 2.05) is 0 Å². The lowest BCUT2D eigenvalue weighted by atomic mass is 10.0. The molecule has 23 nitrogen and oxygen atoms in total. The summed E-state index contributed by atoms with van der Waals surface area (Å²) in [5, 5.41) is 26.7. The molecule has 7 amide bonds. The Balaban J connectivity index is 0.767. The van der Waals surface area contributed by atoms with Crippen molar-refractivity contribution in [1.82, 2.24) is 45.8 Å². The molecule has 4 aromatic rings. The van der Waals surface area contributed by atoms with Gasteiger partial charge in [0.25, 0.3) is 17.7 Å². The number of fused-ring (bicyclic) bond motifs is 1. The third kappa shape index (κ3) is 10.4. The lowest BCUT2D eigenvalue weighted by Gasteiger charge is -2.27. The van der Waals surface area contributed by atoms with E-state index in [2.05, 4.69) is 46.9 Å². The Bertz CT molecular complexity index is 2510. The fourth-order valence-electron chi connectivity index (χ4n) is 7.49. The van der Waals surface area contributed by atoms with Crippen molar-refractivity contribution in [2.24, 2.45) is 5.73 Å². The molecule has 7 rings (SSSR count). The fourth-order valence-corrected chi connectivity index (χ4v) is 7.49. The van der Waals surface area contributed by atoms with E-state index in [4.69, 9.17) is 24.7 Å². The zero-order valence-corrected chi connectivity index (χ0v) is 36.3. The van der Waals surface area contributed by atoms with Crippen molar-refractivity contribution < 1.29 is 52.5 Å². The van der Waals surface area contributed by atoms with Crippen LogP contribution in [0.25, 0.3) is 11.4 Å². The molecule has 66 heavy (non-hydrogen) atoms. The Morgan fingerprint density at radius 3 is 2.29 bits per heavy atom. The van der Waals surface area contributed by atoms with Crippen LogP contribution in [0.3, 0.4) is 0 Å². The number of amides is 7. The number of primary amides is 1. The van der Waals surface area contributed by atoms with Gasteiger partial charge in [-0.3, -0.25) is 48.5 Å². The molecule has 4 heterocycles. The molecule has 2 fully saturated rings. The summed E-state index contributed by atoms with van der Waals surface area (Å²) in [7, 11) is 2.97. The maximum atomic E-state index is 13.2. The number of anilines is 3. The minimum absolute atomic E-state index is 0.0149. The van der Waals surface area contributed by atoms with E-state index >= 15 is 0 Å². The highest BCUT2D eigenvalue weighted by molar-refractivity contribution is 6.25. The molecule has 1 aliphatic carbocycles. The van der Waals surface area contributed by atoms with Gasteiger partial charge in [-0.2, -0.15) is 10.2 Å². The van der Waals surface area contributed by atoms with Gasteiger partial charge in [-0.1, -0.05) is 12.1 Å². The molecule has 3 aliphatic rings. The van der Waals surface area contributed by atoms with E-state index in [0.717, 1.165) is 4.90 Å². The number of nitrogens with zero attached hydrogens (tertiary/aromatic N) is 6. The van der Waals surface area contributed by atoms with Crippen LogP contribution in [0.5, 0.6) is 5.75 Å². The number of piperidine rings is 1. The smallest absolute Gasteiger partial charge is 0.273 e. The normalized spacial score (nSPS) is 16.1. The second-order valence-electron chi connectivity index (χ2n) is 15.4. The van der Waals surface area contributed by atoms with Crippen LogP contribution in [0.15, 0.2) is 48.8 Å². The summed E-state index contributed by atoms with van der Waals surface area (Å²) in [6, 6.07) is 10.7. The van der Waals surface area contributed by atoms with E-state index in [1.54, 1.807) is 41.1 Å². The molecule has 1 atom stereocenters. The van der Waals surface area contributed by atoms with Crippen molar-refractivity contribution in [1.29, 1.82) is 0 Å². The van der Waals surface area contributed by atoms with Crippen molar-refractivity contribution in [2.75, 3.05) is 77.5 Å². The Kier molecular flexibility index (Phi) is 14.9. The summed E-state index contributed by atoms with van der Waals surface area (Å²) in [6.45, 7) is 2.65. The lowest BCUT2D eigenvalue weighted by molar-refractivity contribution is -0.136. The number of rotatable bonds is 24. The quantitative estimate of drug-likeness (QED) is 0.0410. The number of carbonyl (C=O) groups is 7. The molecule has 348 valence electrons. The summed E-state index contributed by atoms with van der Waals surface area (Å²) in [5.41, 5.74) is 7.28. The first-order valence-corrected chi connectivity index (χ1v) is 21.3. The Hall–Kier alpha value is -7.37. The van der Waals surface area contributed by atoms with E-state index in [1.165, 1.54) is 26.6 Å². The first kappa shape index (κ1) is 46.6. The number of methoxy groups -OCH3 is 1. The molecular formula is C43H50N12O11. The van der Waals surface area contributed by atoms with Gasteiger partial charge in [0.15, 0.2) is 17.3 Å². The Morgan fingerprint density at radius 1 is 0.879 bits per heavy atom. The van der Waals surface area contributed by atoms with Crippen molar-refractivity contribution in [3.63, 3.8) is 0 Å². The van der Waals surface area contributed by atoms with E-state index in [0.29, 0.717) is 92.2 Å². The number of imide groups is 2. The number of nitrogens with one attached hydrogen (secondary N) is 5. The molecule has 1 saturated heterocycles. The second-order valence-corrected chi connectivity index (χ2v) is 15.4. The fraction of sp³-hybridized carbons (Fsp3) is 0.419. The molecule has 0 radical (unpaired) electrons. The highest BCUT2D eigenvalue weighted by atomic mass is 16.5. The standard InChI is InChI=1S/C43H50N12O11/c1-45-39(59)35-29(23-31(51-52-35)43(12-13-43)42(44)62)49-28-8-4-6-26(36(28)63-2)37-48-24-54(53-37)16-14-47-32(56)11-17-64-19-21-66-22-20-65-18-15-46-27-7-3-5-25-34(27)41(61)55(40(25)60)30-9-10-33(57)50-38(30)58/h3-8,23-24,30,46H,9-22H2,1-2H3,(H2,44,62)(H,45,59)(H,47,56)(H,49,51)(H,50,57,58). The number of ether oxygens (including phenoxy) is 4. The van der Waals surface area contributed by atoms with Crippen LogP contribution in [0.2, 0.25) is 0 Å². The van der Waals surface area contributed by atoms with Gasteiger partial charge in [-0.15, -0.1) is 5.10 Å². The molecule has 2 aromatic carbocycles. The van der Waals surface area contributed by atoms with Gasteiger partial charge in [-0.25, -0.2) is 4.98 Å². The summed E-state index contributed by atoms with van der Waals surface area (Å²) >= 11 is 0. The number of hydrogen-bond donors (Lipinski definition) is 6. The maximum Gasteiger partial charge on any atom is 0.273 e. The van der Waals surface area contributed by atoms with E-state index in [9.17, 15) is 33.6 Å². The molecular weight excluding hydrogens is 861 g/mol. The van der Waals surface area contributed by atoms with Gasteiger partial charge < -0.3 is 45.9 Å². The molecule has 0 spiro atoms. The largest absolute Gasteiger partial charge is 0.494 e. The topological polar surface area (TPSA) is 302 Å². The van der Waals surface area contributed by atoms with E-state index < -0.39 is 46.9 Å². The predicted octanol–water partition coefficient (Wildman–Crippen LogP) is 0.433. The summed E-state index contributed by atoms with van der Waals surface area (Å²) in [4.78, 5) is 92.9. The summed E-state index contributed by atoms with van der Waals surface area (Å²) in [5.74, 6) is -2.70. The van der Waals surface area contributed by atoms with Crippen molar-refractivity contribution >= 4 is 58.4 Å². The second kappa shape index (κ2) is 21.1. The third-order valence-electron chi connectivity index (χ3n) is 11.1. The SMILES string of the molecule is CNC(=O)c1nnc(C2(C(N)=O)CC2)cc1Nc1cccc(-c2ncn(CCNC(=O)CCOCCOCCOCCNc3cccc4c3C(=O)N(C3CCC(=O)NC3=O)C4=O)n2)c1OC. The highest BCUT2D eigenvalue weighted by Crippen LogP contribution is 2.48.